The molecule has 0 aromatic heterocycles. The number of benzene rings is 3. The summed E-state index contributed by atoms with van der Waals surface area (Å²) in [6.45, 7) is 0. The van der Waals surface area contributed by atoms with Crippen LogP contribution >= 0.6 is 23.8 Å². The predicted octanol–water partition coefficient (Wildman–Crippen LogP) is 5.78. The summed E-state index contributed by atoms with van der Waals surface area (Å²) in [5, 5.41) is 3.83. The van der Waals surface area contributed by atoms with Crippen molar-refractivity contribution in [3.63, 3.8) is 0 Å². The number of ether oxygens (including phenoxy) is 1. The van der Waals surface area contributed by atoms with E-state index in [1.165, 1.54) is 0 Å². The van der Waals surface area contributed by atoms with Crippen LogP contribution < -0.4 is 10.1 Å². The largest absolute Gasteiger partial charge is 0.432 e. The van der Waals surface area contributed by atoms with Gasteiger partial charge in [0, 0.05) is 0 Å². The minimum Gasteiger partial charge on any atom is -0.432 e. The summed E-state index contributed by atoms with van der Waals surface area (Å²) in [6.07, 6.45) is 0. The minimum atomic E-state index is 0.255. The van der Waals surface area contributed by atoms with E-state index in [1.807, 2.05) is 60.7 Å². The van der Waals surface area contributed by atoms with Gasteiger partial charge in [0.15, 0.2) is 0 Å². The lowest BCUT2D eigenvalue weighted by Crippen LogP contribution is -2.16. The third kappa shape index (κ3) is 4.09. The Hall–Kier alpha value is -2.36. The first-order valence-corrected chi connectivity index (χ1v) is 7.90. The lowest BCUT2D eigenvalue weighted by molar-refractivity contribution is 0.563. The lowest BCUT2D eigenvalue weighted by Gasteiger charge is -2.11. The van der Waals surface area contributed by atoms with Gasteiger partial charge in [-0.25, -0.2) is 0 Å². The van der Waals surface area contributed by atoms with Gasteiger partial charge in [-0.15, -0.1) is 0 Å². The molecule has 0 aliphatic carbocycles. The van der Waals surface area contributed by atoms with Crippen LogP contribution in [-0.2, 0) is 0 Å². The molecule has 0 fully saturated rings. The van der Waals surface area contributed by atoms with Gasteiger partial charge < -0.3 is 10.1 Å². The van der Waals surface area contributed by atoms with E-state index in [4.69, 9.17) is 28.6 Å². The van der Waals surface area contributed by atoms with Gasteiger partial charge in [0.25, 0.3) is 5.17 Å². The van der Waals surface area contributed by atoms with E-state index in [1.54, 1.807) is 6.07 Å². The predicted molar refractivity (Wildman–Crippen MR) is 100 cm³/mol. The second kappa shape index (κ2) is 7.27. The van der Waals surface area contributed by atoms with E-state index in [9.17, 15) is 0 Å². The maximum absolute atomic E-state index is 6.08. The van der Waals surface area contributed by atoms with Crippen molar-refractivity contribution in [1.82, 2.24) is 0 Å². The van der Waals surface area contributed by atoms with Crippen LogP contribution in [0.25, 0.3) is 11.1 Å². The summed E-state index contributed by atoms with van der Waals surface area (Å²) in [7, 11) is 0. The highest BCUT2D eigenvalue weighted by Crippen LogP contribution is 2.23. The van der Waals surface area contributed by atoms with Crippen molar-refractivity contribution >= 4 is 34.7 Å². The SMILES string of the molecule is S=C(Nc1ccccc1Cl)Oc1ccc(-c2ccccc2)cc1. The zero-order valence-corrected chi connectivity index (χ0v) is 13.8. The molecular formula is C19H14ClNOS. The van der Waals surface area contributed by atoms with Gasteiger partial charge in [-0.1, -0.05) is 66.2 Å². The Labute approximate surface area is 145 Å². The van der Waals surface area contributed by atoms with E-state index < -0.39 is 0 Å². The standard InChI is InChI=1S/C19H14ClNOS/c20-17-8-4-5-9-18(17)21-19(23)22-16-12-10-15(11-13-16)14-6-2-1-3-7-14/h1-13H,(H,21,23). The Balaban J connectivity index is 1.66. The Kier molecular flexibility index (Phi) is 4.91. The summed E-state index contributed by atoms with van der Waals surface area (Å²) < 4.78 is 5.63. The van der Waals surface area contributed by atoms with Gasteiger partial charge in [-0.05, 0) is 47.6 Å². The first-order valence-electron chi connectivity index (χ1n) is 7.11. The smallest absolute Gasteiger partial charge is 0.266 e. The lowest BCUT2D eigenvalue weighted by atomic mass is 10.1. The quantitative estimate of drug-likeness (QED) is 0.611. The molecule has 0 unspecified atom stereocenters. The van der Waals surface area contributed by atoms with Crippen LogP contribution in [-0.4, -0.2) is 5.17 Å². The second-order valence-corrected chi connectivity index (χ2v) is 5.66. The van der Waals surface area contributed by atoms with Crippen molar-refractivity contribution in [1.29, 1.82) is 0 Å². The summed E-state index contributed by atoms with van der Waals surface area (Å²) in [5.41, 5.74) is 3.01. The molecule has 114 valence electrons. The van der Waals surface area contributed by atoms with Crippen LogP contribution in [0.4, 0.5) is 5.69 Å². The fourth-order valence-corrected chi connectivity index (χ4v) is 2.54. The van der Waals surface area contributed by atoms with E-state index in [0.29, 0.717) is 10.8 Å². The highest BCUT2D eigenvalue weighted by molar-refractivity contribution is 7.80. The third-order valence-electron chi connectivity index (χ3n) is 3.28. The van der Waals surface area contributed by atoms with Crippen LogP contribution in [0.3, 0.4) is 0 Å². The zero-order valence-electron chi connectivity index (χ0n) is 12.2. The molecule has 4 heteroatoms. The van der Waals surface area contributed by atoms with Crippen molar-refractivity contribution in [3.8, 4) is 16.9 Å². The number of nitrogens with one attached hydrogen (secondary N) is 1. The van der Waals surface area contributed by atoms with Crippen molar-refractivity contribution < 1.29 is 4.74 Å². The minimum absolute atomic E-state index is 0.255. The Morgan fingerprint density at radius 1 is 0.783 bits per heavy atom. The molecule has 23 heavy (non-hydrogen) atoms. The van der Waals surface area contributed by atoms with Crippen LogP contribution in [0.1, 0.15) is 0 Å². The molecule has 0 aliphatic heterocycles. The molecule has 0 spiro atoms. The number of hydrogen-bond donors (Lipinski definition) is 1. The normalized spacial score (nSPS) is 10.1. The van der Waals surface area contributed by atoms with Crippen LogP contribution in [0.15, 0.2) is 78.9 Å². The third-order valence-corrected chi connectivity index (χ3v) is 3.80. The number of para-hydroxylation sites is 1. The molecular weight excluding hydrogens is 326 g/mol. The van der Waals surface area contributed by atoms with Crippen molar-refractivity contribution in [2.45, 2.75) is 0 Å². The van der Waals surface area contributed by atoms with Crippen LogP contribution in [0.5, 0.6) is 5.75 Å². The molecule has 0 amide bonds. The highest BCUT2D eigenvalue weighted by atomic mass is 35.5. The van der Waals surface area contributed by atoms with Gasteiger partial charge in [0.1, 0.15) is 5.75 Å². The molecule has 2 nitrogen and oxygen atoms in total. The highest BCUT2D eigenvalue weighted by Gasteiger charge is 2.04. The van der Waals surface area contributed by atoms with Gasteiger partial charge in [0.2, 0.25) is 0 Å². The first kappa shape index (κ1) is 15.5. The molecule has 1 N–H and O–H groups in total. The Bertz CT molecular complexity index is 803. The molecule has 0 saturated carbocycles. The van der Waals surface area contributed by atoms with Crippen molar-refractivity contribution in [3.05, 3.63) is 83.9 Å². The fraction of sp³-hybridized carbons (Fsp3) is 0. The molecule has 0 bridgehead atoms. The second-order valence-electron chi connectivity index (χ2n) is 4.88. The molecule has 3 aromatic carbocycles. The van der Waals surface area contributed by atoms with E-state index in [2.05, 4.69) is 17.4 Å². The maximum atomic E-state index is 6.08. The van der Waals surface area contributed by atoms with Gasteiger partial charge >= 0.3 is 0 Å². The molecule has 0 atom stereocenters. The fourth-order valence-electron chi connectivity index (χ4n) is 2.15. The number of halogens is 1. The Morgan fingerprint density at radius 3 is 2.09 bits per heavy atom. The van der Waals surface area contributed by atoms with E-state index in [0.717, 1.165) is 16.8 Å². The summed E-state index contributed by atoms with van der Waals surface area (Å²) >= 11 is 11.3. The zero-order chi connectivity index (χ0) is 16.1. The van der Waals surface area contributed by atoms with Crippen molar-refractivity contribution in [2.24, 2.45) is 0 Å². The van der Waals surface area contributed by atoms with Gasteiger partial charge in [-0.2, -0.15) is 0 Å². The molecule has 3 rings (SSSR count). The summed E-state index contributed by atoms with van der Waals surface area (Å²) in [4.78, 5) is 0. The average Bonchev–Trinajstić information content (AvgIpc) is 2.58. The first-order chi connectivity index (χ1) is 11.2. The summed E-state index contributed by atoms with van der Waals surface area (Å²) in [5.74, 6) is 0.675. The van der Waals surface area contributed by atoms with E-state index >= 15 is 0 Å². The number of thiocarbonyl (C=S) groups is 1. The average molecular weight is 340 g/mol. The molecule has 0 aliphatic rings. The molecule has 0 saturated heterocycles. The molecule has 3 aromatic rings. The number of hydrogen-bond acceptors (Lipinski definition) is 2. The summed E-state index contributed by atoms with van der Waals surface area (Å²) in [6, 6.07) is 25.3. The number of anilines is 1. The van der Waals surface area contributed by atoms with Crippen molar-refractivity contribution in [2.75, 3.05) is 5.32 Å². The molecule has 0 radical (unpaired) electrons. The van der Waals surface area contributed by atoms with Gasteiger partial charge in [-0.3, -0.25) is 0 Å². The van der Waals surface area contributed by atoms with E-state index in [-0.39, 0.29) is 5.17 Å². The number of rotatable bonds is 3. The molecule has 0 heterocycles. The topological polar surface area (TPSA) is 21.3 Å². The maximum Gasteiger partial charge on any atom is 0.266 e. The Morgan fingerprint density at radius 2 is 1.39 bits per heavy atom. The monoisotopic (exact) mass is 339 g/mol. The van der Waals surface area contributed by atoms with Crippen LogP contribution in [0, 0.1) is 0 Å². The van der Waals surface area contributed by atoms with Gasteiger partial charge in [0.05, 0.1) is 10.7 Å². The van der Waals surface area contributed by atoms with Crippen LogP contribution in [0.2, 0.25) is 5.02 Å².